The van der Waals surface area contributed by atoms with E-state index >= 15 is 0 Å². The van der Waals surface area contributed by atoms with Crippen LogP contribution in [0.5, 0.6) is 11.5 Å². The minimum absolute atomic E-state index is 0.0226. The Balaban J connectivity index is 0.000000408. The van der Waals surface area contributed by atoms with Crippen molar-refractivity contribution < 1.29 is 19.1 Å². The first kappa shape index (κ1) is 34.6. The monoisotopic (exact) mass is 621 g/mol. The Hall–Kier alpha value is -3.92. The summed E-state index contributed by atoms with van der Waals surface area (Å²) in [6.45, 7) is 9.55. The highest BCUT2D eigenvalue weighted by atomic mass is 35.5. The number of ketones is 1. The van der Waals surface area contributed by atoms with Crippen molar-refractivity contribution in [1.29, 1.82) is 0 Å². The van der Waals surface area contributed by atoms with Crippen LogP contribution in [0.3, 0.4) is 0 Å². The normalized spacial score (nSPS) is 13.9. The third kappa shape index (κ3) is 10.4. The molecule has 1 saturated heterocycles. The van der Waals surface area contributed by atoms with Crippen LogP contribution in [-0.4, -0.2) is 66.2 Å². The molecule has 2 aliphatic heterocycles. The zero-order valence-electron chi connectivity index (χ0n) is 25.9. The van der Waals surface area contributed by atoms with Crippen molar-refractivity contribution >= 4 is 35.4 Å². The van der Waals surface area contributed by atoms with Crippen LogP contribution >= 0.6 is 11.6 Å². The maximum atomic E-state index is 12.9. The van der Waals surface area contributed by atoms with Crippen LogP contribution in [0, 0.1) is 0 Å². The van der Waals surface area contributed by atoms with E-state index < -0.39 is 0 Å². The van der Waals surface area contributed by atoms with Crippen molar-refractivity contribution in [2.45, 2.75) is 52.6 Å². The smallest absolute Gasteiger partial charge is 0.255 e. The number of rotatable bonds is 10. The standard InChI is InChI=1S/C26H26ClN3O3.C7H15N.CH3NO/c1-3-24(31)18-8-13-25(33-22-11-9-21(27)10-12-22)23(14-18)28-15-26(32)29(2)30-16-19-6-4-5-7-20(19)17-30;1-2-5-8-6-3-4-7-8;2-1-3/h4-14,28H,3,15-17H2,1-2H3;2-7H2,1H3;1H,(H2,2,3). The third-order valence-corrected chi connectivity index (χ3v) is 7.69. The zero-order valence-corrected chi connectivity index (χ0v) is 26.7. The molecular weight excluding hydrogens is 578 g/mol. The molecule has 236 valence electrons. The van der Waals surface area contributed by atoms with Gasteiger partial charge in [-0.3, -0.25) is 19.4 Å². The van der Waals surface area contributed by atoms with Gasteiger partial charge in [0.2, 0.25) is 6.41 Å². The first-order chi connectivity index (χ1) is 21.3. The Labute approximate surface area is 265 Å². The summed E-state index contributed by atoms with van der Waals surface area (Å²) in [6.07, 6.45) is 4.83. The van der Waals surface area contributed by atoms with E-state index in [0.717, 1.165) is 0 Å². The van der Waals surface area contributed by atoms with Crippen LogP contribution in [0.15, 0.2) is 66.7 Å². The molecule has 10 heteroatoms. The Morgan fingerprint density at radius 2 is 1.61 bits per heavy atom. The summed E-state index contributed by atoms with van der Waals surface area (Å²) < 4.78 is 6.00. The summed E-state index contributed by atoms with van der Waals surface area (Å²) in [4.78, 5) is 36.3. The van der Waals surface area contributed by atoms with E-state index in [1.165, 1.54) is 50.0 Å². The van der Waals surface area contributed by atoms with Gasteiger partial charge < -0.3 is 20.7 Å². The molecule has 0 spiro atoms. The van der Waals surface area contributed by atoms with Gasteiger partial charge in [-0.1, -0.05) is 49.7 Å². The summed E-state index contributed by atoms with van der Waals surface area (Å²) in [6, 6.07) is 20.4. The van der Waals surface area contributed by atoms with Crippen LogP contribution in [0.4, 0.5) is 5.69 Å². The second kappa shape index (κ2) is 18.0. The number of amides is 2. The lowest BCUT2D eigenvalue weighted by Crippen LogP contribution is -2.43. The molecule has 2 aliphatic rings. The van der Waals surface area contributed by atoms with Crippen molar-refractivity contribution in [2.75, 3.05) is 38.5 Å². The van der Waals surface area contributed by atoms with E-state index in [9.17, 15) is 9.59 Å². The van der Waals surface area contributed by atoms with Crippen molar-refractivity contribution in [1.82, 2.24) is 14.9 Å². The van der Waals surface area contributed by atoms with Crippen molar-refractivity contribution in [3.05, 3.63) is 88.4 Å². The van der Waals surface area contributed by atoms with Crippen molar-refractivity contribution in [3.8, 4) is 11.5 Å². The predicted molar refractivity (Wildman–Crippen MR) is 176 cm³/mol. The van der Waals surface area contributed by atoms with Gasteiger partial charge in [-0.2, -0.15) is 0 Å². The topological polar surface area (TPSA) is 108 Å². The lowest BCUT2D eigenvalue weighted by atomic mass is 10.1. The molecule has 5 rings (SSSR count). The van der Waals surface area contributed by atoms with Crippen LogP contribution in [0.25, 0.3) is 0 Å². The summed E-state index contributed by atoms with van der Waals surface area (Å²) in [7, 11) is 1.78. The van der Waals surface area contributed by atoms with Gasteiger partial charge in [-0.05, 0) is 92.5 Å². The number of primary amides is 1. The first-order valence-electron chi connectivity index (χ1n) is 15.1. The second-order valence-corrected chi connectivity index (χ2v) is 11.0. The highest BCUT2D eigenvalue weighted by molar-refractivity contribution is 6.30. The van der Waals surface area contributed by atoms with Gasteiger partial charge in [0, 0.05) is 37.1 Å². The molecule has 9 nitrogen and oxygen atoms in total. The van der Waals surface area contributed by atoms with E-state index in [0.29, 0.717) is 47.3 Å². The molecule has 2 heterocycles. The number of carbonyl (C=O) groups is 3. The molecule has 2 amide bonds. The van der Waals surface area contributed by atoms with Crippen LogP contribution < -0.4 is 15.8 Å². The number of benzene rings is 3. The largest absolute Gasteiger partial charge is 0.455 e. The predicted octanol–water partition coefficient (Wildman–Crippen LogP) is 6.12. The molecule has 0 aliphatic carbocycles. The average molecular weight is 622 g/mol. The summed E-state index contributed by atoms with van der Waals surface area (Å²) in [5.74, 6) is 1.06. The number of ether oxygens (including phenoxy) is 1. The van der Waals surface area contributed by atoms with Gasteiger partial charge in [0.25, 0.3) is 5.91 Å². The van der Waals surface area contributed by atoms with E-state index in [2.05, 4.69) is 35.0 Å². The quantitative estimate of drug-likeness (QED) is 0.207. The van der Waals surface area contributed by atoms with Gasteiger partial charge in [-0.15, -0.1) is 0 Å². The number of likely N-dealkylation sites (N-methyl/N-ethyl adjacent to an activating group) is 1. The Kier molecular flexibility index (Phi) is 14.2. The molecule has 0 bridgehead atoms. The number of nitrogens with one attached hydrogen (secondary N) is 1. The number of carbonyl (C=O) groups excluding carboxylic acids is 3. The fourth-order valence-electron chi connectivity index (χ4n) is 5.06. The molecule has 0 aromatic heterocycles. The Bertz CT molecular complexity index is 1340. The Morgan fingerprint density at radius 3 is 2.18 bits per heavy atom. The number of halogens is 1. The second-order valence-electron chi connectivity index (χ2n) is 10.6. The average Bonchev–Trinajstić information content (AvgIpc) is 3.72. The van der Waals surface area contributed by atoms with Crippen molar-refractivity contribution in [3.63, 3.8) is 0 Å². The number of anilines is 1. The van der Waals surface area contributed by atoms with E-state index in [1.807, 2.05) is 24.1 Å². The maximum absolute atomic E-state index is 12.9. The maximum Gasteiger partial charge on any atom is 0.255 e. The van der Waals surface area contributed by atoms with E-state index in [-0.39, 0.29) is 24.6 Å². The number of nitrogens with two attached hydrogens (primary N) is 1. The van der Waals surface area contributed by atoms with Crippen molar-refractivity contribution in [2.24, 2.45) is 5.73 Å². The molecular formula is C34H44ClN5O4. The van der Waals surface area contributed by atoms with Gasteiger partial charge in [0.05, 0.1) is 12.2 Å². The van der Waals surface area contributed by atoms with Crippen LogP contribution in [0.1, 0.15) is 61.0 Å². The molecule has 3 aromatic rings. The number of hydrogen-bond acceptors (Lipinski definition) is 7. The Morgan fingerprint density at radius 1 is 1.00 bits per heavy atom. The summed E-state index contributed by atoms with van der Waals surface area (Å²) >= 11 is 5.96. The first-order valence-corrected chi connectivity index (χ1v) is 15.5. The third-order valence-electron chi connectivity index (χ3n) is 7.44. The number of Topliss-reactive ketones (excluding diaryl/α,β-unsaturated/α-hetero) is 1. The molecule has 3 N–H and O–H groups in total. The molecule has 0 radical (unpaired) electrons. The van der Waals surface area contributed by atoms with Gasteiger partial charge >= 0.3 is 0 Å². The zero-order chi connectivity index (χ0) is 31.9. The van der Waals surface area contributed by atoms with Crippen LogP contribution in [-0.2, 0) is 22.7 Å². The van der Waals surface area contributed by atoms with Gasteiger partial charge in [0.1, 0.15) is 5.75 Å². The fraction of sp³-hybridized carbons (Fsp3) is 0.382. The minimum atomic E-state index is -0.0903. The highest BCUT2D eigenvalue weighted by Crippen LogP contribution is 2.32. The number of hydrazine groups is 1. The lowest BCUT2D eigenvalue weighted by Gasteiger charge is -2.28. The highest BCUT2D eigenvalue weighted by Gasteiger charge is 2.25. The molecule has 0 unspecified atom stereocenters. The van der Waals surface area contributed by atoms with E-state index in [1.54, 1.807) is 54.5 Å². The SMILES string of the molecule is CCC(=O)c1ccc(Oc2ccc(Cl)cc2)c(NCC(=O)N(C)N2Cc3ccccc3C2)c1.CCCN1CCCC1.NC=O. The minimum Gasteiger partial charge on any atom is -0.455 e. The fourth-order valence-corrected chi connectivity index (χ4v) is 5.18. The molecule has 0 atom stereocenters. The summed E-state index contributed by atoms with van der Waals surface area (Å²) in [5.41, 5.74) is 7.78. The number of likely N-dealkylation sites (tertiary alicyclic amines) is 1. The number of hydrogen-bond donors (Lipinski definition) is 2. The van der Waals surface area contributed by atoms with E-state index in [4.69, 9.17) is 21.1 Å². The van der Waals surface area contributed by atoms with Crippen LogP contribution in [0.2, 0.25) is 5.02 Å². The summed E-state index contributed by atoms with van der Waals surface area (Å²) in [5, 5.41) is 7.44. The van der Waals surface area contributed by atoms with Gasteiger partial charge in [-0.25, -0.2) is 5.01 Å². The lowest BCUT2D eigenvalue weighted by molar-refractivity contribution is -0.144. The number of fused-ring (bicyclic) bond motifs is 1. The molecule has 1 fully saturated rings. The molecule has 0 saturated carbocycles. The van der Waals surface area contributed by atoms with Gasteiger partial charge in [0.15, 0.2) is 11.5 Å². The molecule has 44 heavy (non-hydrogen) atoms. The number of nitrogens with zero attached hydrogens (tertiary/aromatic N) is 3. The molecule has 3 aromatic carbocycles.